The van der Waals surface area contributed by atoms with E-state index in [2.05, 4.69) is 22.3 Å². The van der Waals surface area contributed by atoms with Crippen LogP contribution in [0.25, 0.3) is 0 Å². The van der Waals surface area contributed by atoms with E-state index in [1.54, 1.807) is 12.1 Å². The summed E-state index contributed by atoms with van der Waals surface area (Å²) in [7, 11) is -1.27. The van der Waals surface area contributed by atoms with Gasteiger partial charge in [-0.15, -0.1) is 0 Å². The van der Waals surface area contributed by atoms with Crippen molar-refractivity contribution in [2.45, 2.75) is 23.8 Å². The van der Waals surface area contributed by atoms with Crippen molar-refractivity contribution in [3.05, 3.63) is 59.7 Å². The van der Waals surface area contributed by atoms with Crippen molar-refractivity contribution in [1.29, 1.82) is 0 Å². The minimum Gasteiger partial charge on any atom is -0.325 e. The summed E-state index contributed by atoms with van der Waals surface area (Å²) in [5.41, 5.74) is 3.25. The fourth-order valence-corrected chi connectivity index (χ4v) is 3.95. The molecule has 0 spiro atoms. The summed E-state index contributed by atoms with van der Waals surface area (Å²) in [6.07, 6.45) is 3.22. The van der Waals surface area contributed by atoms with Crippen LogP contribution in [0.15, 0.2) is 53.4 Å². The Balaban J connectivity index is 1.61. The van der Waals surface area contributed by atoms with Gasteiger partial charge in [-0.25, -0.2) is 8.42 Å². The van der Waals surface area contributed by atoms with E-state index in [0.29, 0.717) is 5.69 Å². The minimum atomic E-state index is -3.23. The molecule has 1 aliphatic carbocycles. The summed E-state index contributed by atoms with van der Waals surface area (Å²) in [4.78, 5) is 14.6. The zero-order chi connectivity index (χ0) is 18.0. The summed E-state index contributed by atoms with van der Waals surface area (Å²) in [6.45, 7) is 0.285. The average Bonchev–Trinajstić information content (AvgIpc) is 2.98. The average molecular weight is 358 g/mol. The van der Waals surface area contributed by atoms with E-state index in [1.807, 2.05) is 19.2 Å². The van der Waals surface area contributed by atoms with Gasteiger partial charge in [0.05, 0.1) is 11.4 Å². The SMILES string of the molecule is CN(CC(=O)Nc1ccc(S(C)(=O)=O)cc1)[C@@H]1CCc2ccccc21. The number of aryl methyl sites for hydroxylation is 1. The van der Waals surface area contributed by atoms with Crippen LogP contribution in [-0.4, -0.2) is 39.1 Å². The fraction of sp³-hybridized carbons (Fsp3) is 0.316. The standard InChI is InChI=1S/C19H22N2O3S/c1-21(18-12-7-14-5-3-4-6-17(14)18)13-19(22)20-15-8-10-16(11-9-15)25(2,23)24/h3-6,8-11,18H,7,12-13H2,1-2H3,(H,20,22)/t18-/m1/s1. The summed E-state index contributed by atoms with van der Waals surface area (Å²) in [5, 5.41) is 2.82. The number of hydrogen-bond acceptors (Lipinski definition) is 4. The quantitative estimate of drug-likeness (QED) is 0.892. The number of benzene rings is 2. The second-order valence-corrected chi connectivity index (χ2v) is 8.53. The number of nitrogens with one attached hydrogen (secondary N) is 1. The second kappa shape index (κ2) is 6.98. The van der Waals surface area contributed by atoms with Crippen LogP contribution >= 0.6 is 0 Å². The summed E-state index contributed by atoms with van der Waals surface area (Å²) in [6, 6.07) is 14.8. The van der Waals surface area contributed by atoms with E-state index in [0.717, 1.165) is 19.1 Å². The van der Waals surface area contributed by atoms with Crippen LogP contribution in [0.5, 0.6) is 0 Å². The predicted molar refractivity (Wildman–Crippen MR) is 98.3 cm³/mol. The summed E-state index contributed by atoms with van der Waals surface area (Å²) in [5.74, 6) is -0.112. The van der Waals surface area contributed by atoms with Crippen LogP contribution in [0.2, 0.25) is 0 Å². The van der Waals surface area contributed by atoms with E-state index in [4.69, 9.17) is 0 Å². The molecule has 25 heavy (non-hydrogen) atoms. The zero-order valence-corrected chi connectivity index (χ0v) is 15.2. The fourth-order valence-electron chi connectivity index (χ4n) is 3.32. The number of likely N-dealkylation sites (N-methyl/N-ethyl adjacent to an activating group) is 1. The van der Waals surface area contributed by atoms with Gasteiger partial charge in [0, 0.05) is 18.0 Å². The van der Waals surface area contributed by atoms with Crippen molar-refractivity contribution in [1.82, 2.24) is 4.90 Å². The van der Waals surface area contributed by atoms with Gasteiger partial charge in [0.2, 0.25) is 5.91 Å². The van der Waals surface area contributed by atoms with Gasteiger partial charge in [-0.1, -0.05) is 24.3 Å². The number of nitrogens with zero attached hydrogens (tertiary/aromatic N) is 1. The highest BCUT2D eigenvalue weighted by molar-refractivity contribution is 7.90. The molecule has 3 rings (SSSR count). The smallest absolute Gasteiger partial charge is 0.238 e. The Kier molecular flexibility index (Phi) is 4.92. The van der Waals surface area contributed by atoms with E-state index < -0.39 is 9.84 Å². The van der Waals surface area contributed by atoms with Crippen molar-refractivity contribution in [2.24, 2.45) is 0 Å². The van der Waals surface area contributed by atoms with Crippen molar-refractivity contribution in [3.63, 3.8) is 0 Å². The molecule has 0 bridgehead atoms. The van der Waals surface area contributed by atoms with E-state index in [-0.39, 0.29) is 23.4 Å². The summed E-state index contributed by atoms with van der Waals surface area (Å²) < 4.78 is 22.9. The molecule has 1 amide bonds. The zero-order valence-electron chi connectivity index (χ0n) is 14.4. The Bertz CT molecular complexity index is 876. The van der Waals surface area contributed by atoms with Crippen molar-refractivity contribution in [3.8, 4) is 0 Å². The minimum absolute atomic E-state index is 0.112. The highest BCUT2D eigenvalue weighted by Gasteiger charge is 2.26. The second-order valence-electron chi connectivity index (χ2n) is 6.51. The topological polar surface area (TPSA) is 66.5 Å². The molecule has 5 nitrogen and oxygen atoms in total. The number of carbonyl (C=O) groups excluding carboxylic acids is 1. The number of sulfone groups is 1. The highest BCUT2D eigenvalue weighted by Crippen LogP contribution is 2.34. The van der Waals surface area contributed by atoms with Crippen LogP contribution in [0.4, 0.5) is 5.69 Å². The van der Waals surface area contributed by atoms with Gasteiger partial charge in [0.1, 0.15) is 0 Å². The molecule has 0 unspecified atom stereocenters. The third kappa shape index (κ3) is 4.08. The molecule has 0 saturated heterocycles. The van der Waals surface area contributed by atoms with Crippen LogP contribution in [0, 0.1) is 0 Å². The lowest BCUT2D eigenvalue weighted by Crippen LogP contribution is -2.32. The maximum atomic E-state index is 12.3. The largest absolute Gasteiger partial charge is 0.325 e. The van der Waals surface area contributed by atoms with Gasteiger partial charge >= 0.3 is 0 Å². The first-order chi connectivity index (χ1) is 11.8. The Hall–Kier alpha value is -2.18. The molecule has 2 aromatic rings. The molecular formula is C19H22N2O3S. The predicted octanol–water partition coefficient (Wildman–Crippen LogP) is 2.65. The Morgan fingerprint density at radius 3 is 2.52 bits per heavy atom. The first kappa shape index (κ1) is 17.6. The molecular weight excluding hydrogens is 336 g/mol. The molecule has 0 saturated carbocycles. The molecule has 1 atom stereocenters. The van der Waals surface area contributed by atoms with Crippen LogP contribution < -0.4 is 5.32 Å². The molecule has 0 heterocycles. The molecule has 0 fully saturated rings. The molecule has 6 heteroatoms. The molecule has 0 aliphatic heterocycles. The van der Waals surface area contributed by atoms with Gasteiger partial charge in [-0.3, -0.25) is 9.69 Å². The number of fused-ring (bicyclic) bond motifs is 1. The lowest BCUT2D eigenvalue weighted by atomic mass is 10.1. The molecule has 0 aromatic heterocycles. The van der Waals surface area contributed by atoms with E-state index in [9.17, 15) is 13.2 Å². The Morgan fingerprint density at radius 1 is 1.16 bits per heavy atom. The van der Waals surface area contributed by atoms with Crippen LogP contribution in [0.3, 0.4) is 0 Å². The number of carbonyl (C=O) groups is 1. The normalized spacial score (nSPS) is 16.7. The van der Waals surface area contributed by atoms with Crippen molar-refractivity contribution >= 4 is 21.4 Å². The number of hydrogen-bond donors (Lipinski definition) is 1. The Morgan fingerprint density at radius 2 is 1.84 bits per heavy atom. The van der Waals surface area contributed by atoms with Crippen molar-refractivity contribution < 1.29 is 13.2 Å². The molecule has 1 aliphatic rings. The third-order valence-corrected chi connectivity index (χ3v) is 5.72. The van der Waals surface area contributed by atoms with Crippen LogP contribution in [-0.2, 0) is 21.1 Å². The number of anilines is 1. The number of rotatable bonds is 5. The van der Waals surface area contributed by atoms with E-state index in [1.165, 1.54) is 23.3 Å². The highest BCUT2D eigenvalue weighted by atomic mass is 32.2. The van der Waals surface area contributed by atoms with Gasteiger partial charge in [0.25, 0.3) is 0 Å². The molecule has 132 valence electrons. The number of amides is 1. The first-order valence-electron chi connectivity index (χ1n) is 8.22. The van der Waals surface area contributed by atoms with Gasteiger partial charge in [-0.2, -0.15) is 0 Å². The Labute approximate surface area is 148 Å². The van der Waals surface area contributed by atoms with Gasteiger partial charge in [-0.05, 0) is 55.3 Å². The third-order valence-electron chi connectivity index (χ3n) is 4.59. The lowest BCUT2D eigenvalue weighted by Gasteiger charge is -2.24. The van der Waals surface area contributed by atoms with Gasteiger partial charge < -0.3 is 5.32 Å². The molecule has 0 radical (unpaired) electrons. The van der Waals surface area contributed by atoms with E-state index >= 15 is 0 Å². The molecule has 1 N–H and O–H groups in total. The van der Waals surface area contributed by atoms with Crippen LogP contribution in [0.1, 0.15) is 23.6 Å². The maximum absolute atomic E-state index is 12.3. The first-order valence-corrected chi connectivity index (χ1v) is 10.1. The lowest BCUT2D eigenvalue weighted by molar-refractivity contribution is -0.117. The maximum Gasteiger partial charge on any atom is 0.238 e. The monoisotopic (exact) mass is 358 g/mol. The van der Waals surface area contributed by atoms with Crippen molar-refractivity contribution in [2.75, 3.05) is 25.2 Å². The molecule has 2 aromatic carbocycles. The summed E-state index contributed by atoms with van der Waals surface area (Å²) >= 11 is 0. The van der Waals surface area contributed by atoms with Gasteiger partial charge in [0.15, 0.2) is 9.84 Å².